The Kier molecular flexibility index (Phi) is 12.6. The molecule has 7 nitrogen and oxygen atoms in total. The summed E-state index contributed by atoms with van der Waals surface area (Å²) in [7, 11) is 0. The fourth-order valence-corrected chi connectivity index (χ4v) is 3.97. The lowest BCUT2D eigenvalue weighted by molar-refractivity contribution is -0.193. The van der Waals surface area contributed by atoms with Crippen LogP contribution in [0.25, 0.3) is 0 Å². The summed E-state index contributed by atoms with van der Waals surface area (Å²) in [6.45, 7) is 2.16. The maximum absolute atomic E-state index is 10.6. The molecule has 2 rings (SSSR count). The fraction of sp³-hybridized carbons (Fsp3) is 0.842. The maximum atomic E-state index is 10.6. The summed E-state index contributed by atoms with van der Waals surface area (Å²) in [5, 5.41) is 25.7. The Hall–Kier alpha value is -2.05. The molecule has 32 heavy (non-hydrogen) atoms. The van der Waals surface area contributed by atoms with E-state index in [1.54, 1.807) is 0 Å². The van der Waals surface area contributed by atoms with E-state index in [-0.39, 0.29) is 6.04 Å². The van der Waals surface area contributed by atoms with Gasteiger partial charge in [-0.1, -0.05) is 38.5 Å². The van der Waals surface area contributed by atoms with Gasteiger partial charge in [0.05, 0.1) is 5.84 Å². The predicted molar refractivity (Wildman–Crippen MR) is 104 cm³/mol. The molecule has 2 aliphatic rings. The minimum Gasteiger partial charge on any atom is -0.475 e. The first-order chi connectivity index (χ1) is 14.6. The van der Waals surface area contributed by atoms with Gasteiger partial charge in [0.1, 0.15) is 0 Å². The van der Waals surface area contributed by atoms with Crippen molar-refractivity contribution in [3.8, 4) is 0 Å². The highest BCUT2D eigenvalue weighted by Crippen LogP contribution is 2.35. The molecule has 0 bridgehead atoms. The Morgan fingerprint density at radius 3 is 1.72 bits per heavy atom. The number of alkyl halides is 6. The Labute approximate surface area is 182 Å². The quantitative estimate of drug-likeness (QED) is 0.383. The van der Waals surface area contributed by atoms with Crippen molar-refractivity contribution in [2.75, 3.05) is 0 Å². The van der Waals surface area contributed by atoms with Crippen molar-refractivity contribution in [2.45, 2.75) is 89.1 Å². The summed E-state index contributed by atoms with van der Waals surface area (Å²) in [4.78, 5) is 17.8. The third-order valence-electron chi connectivity index (χ3n) is 5.30. The molecular weight excluding hydrogens is 448 g/mol. The summed E-state index contributed by atoms with van der Waals surface area (Å²) in [5.41, 5.74) is 6.28. The van der Waals surface area contributed by atoms with Crippen LogP contribution in [-0.2, 0) is 9.59 Å². The van der Waals surface area contributed by atoms with E-state index < -0.39 is 24.3 Å². The zero-order valence-corrected chi connectivity index (χ0v) is 17.7. The molecule has 1 aliphatic carbocycles. The molecule has 1 heterocycles. The molecule has 2 fully saturated rings. The summed E-state index contributed by atoms with van der Waals surface area (Å²) in [6.07, 6.45) is 1.20. The van der Waals surface area contributed by atoms with Crippen LogP contribution in [0, 0.1) is 17.2 Å². The number of hydrogen-bond acceptors (Lipinski definition) is 4. The van der Waals surface area contributed by atoms with Gasteiger partial charge in [-0.3, -0.25) is 5.41 Å². The van der Waals surface area contributed by atoms with E-state index in [1.165, 1.54) is 51.4 Å². The van der Waals surface area contributed by atoms with Gasteiger partial charge in [-0.2, -0.15) is 26.3 Å². The van der Waals surface area contributed by atoms with E-state index in [1.807, 2.05) is 0 Å². The SMILES string of the molecule is CC(N)C(C1CCCCC1)C1CCCCC(=N)N1.O=C(O)C(F)(F)F.O=C(O)C(F)(F)F. The van der Waals surface area contributed by atoms with E-state index in [2.05, 4.69) is 12.2 Å². The molecule has 0 aromatic rings. The van der Waals surface area contributed by atoms with E-state index >= 15 is 0 Å². The lowest BCUT2D eigenvalue weighted by Crippen LogP contribution is -2.49. The van der Waals surface area contributed by atoms with Gasteiger partial charge >= 0.3 is 24.3 Å². The van der Waals surface area contributed by atoms with E-state index in [4.69, 9.17) is 30.9 Å². The van der Waals surface area contributed by atoms with Gasteiger partial charge in [0.15, 0.2) is 0 Å². The second kappa shape index (κ2) is 13.5. The lowest BCUT2D eigenvalue weighted by Gasteiger charge is -2.38. The zero-order valence-electron chi connectivity index (χ0n) is 17.7. The second-order valence-corrected chi connectivity index (χ2v) is 7.92. The highest BCUT2D eigenvalue weighted by Gasteiger charge is 2.39. The van der Waals surface area contributed by atoms with Crippen molar-refractivity contribution in [1.29, 1.82) is 5.41 Å². The first-order valence-corrected chi connectivity index (χ1v) is 10.3. The third kappa shape index (κ3) is 12.1. The van der Waals surface area contributed by atoms with Crippen LogP contribution in [-0.4, -0.2) is 52.4 Å². The number of hydrogen-bond donors (Lipinski definition) is 5. The highest BCUT2D eigenvalue weighted by atomic mass is 19.4. The molecule has 0 amide bonds. The number of nitrogens with two attached hydrogens (primary N) is 1. The van der Waals surface area contributed by atoms with Crippen LogP contribution in [0.1, 0.15) is 64.7 Å². The van der Waals surface area contributed by atoms with Gasteiger partial charge in [-0.25, -0.2) is 9.59 Å². The molecule has 13 heteroatoms. The van der Waals surface area contributed by atoms with Crippen molar-refractivity contribution in [2.24, 2.45) is 17.6 Å². The van der Waals surface area contributed by atoms with E-state index in [9.17, 15) is 26.3 Å². The fourth-order valence-electron chi connectivity index (χ4n) is 3.97. The van der Waals surface area contributed by atoms with Crippen LogP contribution in [0.3, 0.4) is 0 Å². The van der Waals surface area contributed by atoms with Gasteiger partial charge in [0.2, 0.25) is 0 Å². The molecule has 0 aromatic carbocycles. The first-order valence-electron chi connectivity index (χ1n) is 10.3. The van der Waals surface area contributed by atoms with Gasteiger partial charge in [0.25, 0.3) is 0 Å². The maximum Gasteiger partial charge on any atom is 0.490 e. The number of nitrogens with one attached hydrogen (secondary N) is 2. The normalized spacial score (nSPS) is 22.0. The molecule has 188 valence electrons. The Morgan fingerprint density at radius 2 is 1.34 bits per heavy atom. The zero-order chi connectivity index (χ0) is 25.1. The molecule has 3 atom stereocenters. The number of amidine groups is 1. The smallest absolute Gasteiger partial charge is 0.475 e. The Balaban J connectivity index is 0.000000570. The Morgan fingerprint density at radius 1 is 0.938 bits per heavy atom. The van der Waals surface area contributed by atoms with Gasteiger partial charge in [0, 0.05) is 18.5 Å². The molecular formula is C19H31F6N3O4. The van der Waals surface area contributed by atoms with Crippen LogP contribution >= 0.6 is 0 Å². The number of rotatable bonds is 3. The summed E-state index contributed by atoms with van der Waals surface area (Å²) in [5.74, 6) is -3.44. The van der Waals surface area contributed by atoms with Crippen molar-refractivity contribution in [3.63, 3.8) is 0 Å². The van der Waals surface area contributed by atoms with Crippen molar-refractivity contribution in [3.05, 3.63) is 0 Å². The average molecular weight is 479 g/mol. The molecule has 0 aromatic heterocycles. The van der Waals surface area contributed by atoms with Gasteiger partial charge in [-0.05, 0) is 31.6 Å². The predicted octanol–water partition coefficient (Wildman–Crippen LogP) is 4.31. The molecule has 1 saturated heterocycles. The number of aliphatic carboxylic acids is 2. The number of carboxylic acids is 2. The van der Waals surface area contributed by atoms with Crippen molar-refractivity contribution < 1.29 is 46.1 Å². The first kappa shape index (κ1) is 29.9. The molecule has 0 spiro atoms. The van der Waals surface area contributed by atoms with Crippen LogP contribution in [0.4, 0.5) is 26.3 Å². The number of carbonyl (C=O) groups is 2. The van der Waals surface area contributed by atoms with Crippen LogP contribution in [0.15, 0.2) is 0 Å². The van der Waals surface area contributed by atoms with Crippen LogP contribution in [0.2, 0.25) is 0 Å². The summed E-state index contributed by atoms with van der Waals surface area (Å²) >= 11 is 0. The second-order valence-electron chi connectivity index (χ2n) is 7.92. The van der Waals surface area contributed by atoms with Crippen molar-refractivity contribution in [1.82, 2.24) is 5.32 Å². The minimum atomic E-state index is -5.08. The summed E-state index contributed by atoms with van der Waals surface area (Å²) in [6, 6.07) is 0.694. The molecule has 0 radical (unpaired) electrons. The molecule has 1 saturated carbocycles. The minimum absolute atomic E-state index is 0.247. The number of carboxylic acid groups (broad SMARTS) is 2. The lowest BCUT2D eigenvalue weighted by atomic mass is 9.73. The monoisotopic (exact) mass is 479 g/mol. The molecule has 3 unspecified atom stereocenters. The highest BCUT2D eigenvalue weighted by molar-refractivity contribution is 5.79. The standard InChI is InChI=1S/C15H29N3.2C2HF3O2/c1-11(16)15(12-7-3-2-4-8-12)13-9-5-6-10-14(17)18-13;2*3-2(4,5)1(6)7/h11-13,15H,2-10,16H2,1H3,(H2,17,18);2*(H,6,7). The largest absolute Gasteiger partial charge is 0.490 e. The average Bonchev–Trinajstić information content (AvgIpc) is 2.86. The topological polar surface area (TPSA) is 136 Å². The molecule has 1 aliphatic heterocycles. The van der Waals surface area contributed by atoms with Gasteiger partial charge < -0.3 is 21.3 Å². The van der Waals surface area contributed by atoms with E-state index in [0.29, 0.717) is 12.0 Å². The Bertz CT molecular complexity index is 581. The number of halogens is 6. The third-order valence-corrected chi connectivity index (χ3v) is 5.30. The molecule has 6 N–H and O–H groups in total. The van der Waals surface area contributed by atoms with Crippen LogP contribution in [0.5, 0.6) is 0 Å². The van der Waals surface area contributed by atoms with Crippen LogP contribution < -0.4 is 11.1 Å². The van der Waals surface area contributed by atoms with Crippen molar-refractivity contribution >= 4 is 17.8 Å². The van der Waals surface area contributed by atoms with Gasteiger partial charge in [-0.15, -0.1) is 0 Å². The summed E-state index contributed by atoms with van der Waals surface area (Å²) < 4.78 is 63.5. The van der Waals surface area contributed by atoms with E-state index in [0.717, 1.165) is 18.2 Å².